The van der Waals surface area contributed by atoms with Crippen molar-refractivity contribution in [2.75, 3.05) is 0 Å². The van der Waals surface area contributed by atoms with Crippen LogP contribution in [0, 0.1) is 0 Å². The first-order chi connectivity index (χ1) is 5.34. The number of hydrazine groups is 1. The van der Waals surface area contributed by atoms with Crippen LogP contribution < -0.4 is 10.9 Å². The molecule has 0 saturated carbocycles. The molecule has 0 spiro atoms. The van der Waals surface area contributed by atoms with Gasteiger partial charge in [0.1, 0.15) is 5.69 Å². The van der Waals surface area contributed by atoms with E-state index in [2.05, 4.69) is 10.4 Å². The summed E-state index contributed by atoms with van der Waals surface area (Å²) in [4.78, 5) is 24.3. The molecule has 0 bridgehead atoms. The Morgan fingerprint density at radius 3 is 3.09 bits per heavy atom. The first-order valence-electron chi connectivity index (χ1n) is 2.72. The average Bonchev–Trinajstić information content (AvgIpc) is 2.52. The summed E-state index contributed by atoms with van der Waals surface area (Å²) >= 11 is 1.31. The Hall–Kier alpha value is -1.43. The van der Waals surface area contributed by atoms with E-state index >= 15 is 0 Å². The SMILES string of the molecule is O=CNNC(=O)c1cscn1. The largest absolute Gasteiger partial charge is 0.289 e. The van der Waals surface area contributed by atoms with Crippen LogP contribution in [-0.2, 0) is 4.79 Å². The van der Waals surface area contributed by atoms with Crippen LogP contribution in [0.3, 0.4) is 0 Å². The maximum atomic E-state index is 10.9. The van der Waals surface area contributed by atoms with Crippen LogP contribution >= 0.6 is 11.3 Å². The van der Waals surface area contributed by atoms with E-state index in [1.54, 1.807) is 5.38 Å². The minimum Gasteiger partial charge on any atom is -0.277 e. The van der Waals surface area contributed by atoms with Gasteiger partial charge in [0.15, 0.2) is 0 Å². The van der Waals surface area contributed by atoms with Gasteiger partial charge < -0.3 is 0 Å². The summed E-state index contributed by atoms with van der Waals surface area (Å²) in [6.07, 6.45) is 0.379. The molecule has 2 amide bonds. The van der Waals surface area contributed by atoms with Gasteiger partial charge in [-0.15, -0.1) is 11.3 Å². The maximum Gasteiger partial charge on any atom is 0.289 e. The highest BCUT2D eigenvalue weighted by Gasteiger charge is 2.04. The molecule has 0 radical (unpaired) electrons. The molecule has 0 fully saturated rings. The zero-order valence-electron chi connectivity index (χ0n) is 5.40. The smallest absolute Gasteiger partial charge is 0.277 e. The zero-order chi connectivity index (χ0) is 8.10. The molecule has 0 atom stereocenters. The number of rotatable bonds is 3. The number of nitrogens with zero attached hydrogens (tertiary/aromatic N) is 1. The maximum absolute atomic E-state index is 10.9. The van der Waals surface area contributed by atoms with Crippen LogP contribution in [0.5, 0.6) is 0 Å². The number of hydrogen-bond acceptors (Lipinski definition) is 4. The van der Waals surface area contributed by atoms with E-state index in [4.69, 9.17) is 0 Å². The molecule has 0 aliphatic heterocycles. The minimum absolute atomic E-state index is 0.296. The monoisotopic (exact) mass is 171 g/mol. The minimum atomic E-state index is -0.418. The van der Waals surface area contributed by atoms with Gasteiger partial charge in [-0.3, -0.25) is 20.4 Å². The molecule has 1 aromatic rings. The van der Waals surface area contributed by atoms with Gasteiger partial charge >= 0.3 is 0 Å². The number of hydrogen-bond donors (Lipinski definition) is 2. The van der Waals surface area contributed by atoms with Gasteiger partial charge in [-0.1, -0.05) is 0 Å². The molecule has 0 unspecified atom stereocenters. The molecule has 0 aliphatic rings. The fourth-order valence-electron chi connectivity index (χ4n) is 0.484. The number of nitrogens with one attached hydrogen (secondary N) is 2. The number of thiazole rings is 1. The molecule has 5 nitrogen and oxygen atoms in total. The van der Waals surface area contributed by atoms with Crippen LogP contribution in [0.25, 0.3) is 0 Å². The third-order valence-electron chi connectivity index (χ3n) is 0.910. The number of amides is 2. The Morgan fingerprint density at radius 1 is 1.73 bits per heavy atom. The lowest BCUT2D eigenvalue weighted by molar-refractivity contribution is -0.110. The van der Waals surface area contributed by atoms with Gasteiger partial charge in [0.05, 0.1) is 5.51 Å². The standard InChI is InChI=1S/C5H5N3O2S/c9-2-7-8-5(10)4-1-11-3-6-4/h1-3H,(H,7,9)(H,8,10). The molecule has 11 heavy (non-hydrogen) atoms. The molecule has 1 heterocycles. The van der Waals surface area contributed by atoms with E-state index in [9.17, 15) is 9.59 Å². The number of aromatic nitrogens is 1. The second kappa shape index (κ2) is 3.67. The summed E-state index contributed by atoms with van der Waals surface area (Å²) < 4.78 is 0. The van der Waals surface area contributed by atoms with Crippen LogP contribution in [0.2, 0.25) is 0 Å². The number of carbonyl (C=O) groups excluding carboxylic acids is 2. The number of carbonyl (C=O) groups is 2. The van der Waals surface area contributed by atoms with Crippen LogP contribution in [0.1, 0.15) is 10.5 Å². The predicted molar refractivity (Wildman–Crippen MR) is 38.8 cm³/mol. The highest BCUT2D eigenvalue weighted by atomic mass is 32.1. The van der Waals surface area contributed by atoms with E-state index in [1.807, 2.05) is 5.43 Å². The second-order valence-electron chi connectivity index (χ2n) is 1.59. The summed E-state index contributed by atoms with van der Waals surface area (Å²) in [5.41, 5.74) is 5.98. The summed E-state index contributed by atoms with van der Waals surface area (Å²) in [6.45, 7) is 0. The van der Waals surface area contributed by atoms with Gasteiger partial charge in [0.2, 0.25) is 6.41 Å². The average molecular weight is 171 g/mol. The first kappa shape index (κ1) is 7.67. The Bertz CT molecular complexity index is 246. The van der Waals surface area contributed by atoms with Gasteiger partial charge in [-0.25, -0.2) is 4.98 Å². The summed E-state index contributed by atoms with van der Waals surface area (Å²) in [5.74, 6) is -0.418. The van der Waals surface area contributed by atoms with E-state index in [-0.39, 0.29) is 0 Å². The second-order valence-corrected chi connectivity index (χ2v) is 2.31. The van der Waals surface area contributed by atoms with Gasteiger partial charge in [-0.05, 0) is 0 Å². The van der Waals surface area contributed by atoms with Crippen molar-refractivity contribution < 1.29 is 9.59 Å². The van der Waals surface area contributed by atoms with E-state index < -0.39 is 5.91 Å². The highest BCUT2D eigenvalue weighted by molar-refractivity contribution is 7.07. The molecular formula is C5H5N3O2S. The molecule has 0 aromatic carbocycles. The predicted octanol–water partition coefficient (Wildman–Crippen LogP) is -0.466. The van der Waals surface area contributed by atoms with Crippen molar-refractivity contribution in [3.63, 3.8) is 0 Å². The summed E-state index contributed by atoms with van der Waals surface area (Å²) in [6, 6.07) is 0. The Labute approximate surface area is 66.4 Å². The lowest BCUT2D eigenvalue weighted by Gasteiger charge is -1.97. The quantitative estimate of drug-likeness (QED) is 0.477. The molecule has 0 saturated heterocycles. The van der Waals surface area contributed by atoms with Gasteiger partial charge in [0, 0.05) is 5.38 Å². The third-order valence-corrected chi connectivity index (χ3v) is 1.50. The summed E-state index contributed by atoms with van der Waals surface area (Å²) in [5, 5.41) is 1.59. The first-order valence-corrected chi connectivity index (χ1v) is 3.66. The van der Waals surface area contributed by atoms with Crippen molar-refractivity contribution in [1.29, 1.82) is 0 Å². The van der Waals surface area contributed by atoms with Crippen molar-refractivity contribution in [2.24, 2.45) is 0 Å². The van der Waals surface area contributed by atoms with E-state index in [1.165, 1.54) is 16.8 Å². The lowest BCUT2D eigenvalue weighted by Crippen LogP contribution is -2.36. The fourth-order valence-corrected chi connectivity index (χ4v) is 1.02. The summed E-state index contributed by atoms with van der Waals surface area (Å²) in [7, 11) is 0. The lowest BCUT2D eigenvalue weighted by atomic mass is 10.5. The fraction of sp³-hybridized carbons (Fsp3) is 0. The molecule has 0 aliphatic carbocycles. The van der Waals surface area contributed by atoms with Crippen molar-refractivity contribution >= 4 is 23.7 Å². The van der Waals surface area contributed by atoms with Crippen LogP contribution in [0.4, 0.5) is 0 Å². The molecule has 6 heteroatoms. The third kappa shape index (κ3) is 2.01. The zero-order valence-corrected chi connectivity index (χ0v) is 6.22. The Kier molecular flexibility index (Phi) is 2.56. The van der Waals surface area contributed by atoms with Crippen LogP contribution in [-0.4, -0.2) is 17.3 Å². The van der Waals surface area contributed by atoms with Gasteiger partial charge in [-0.2, -0.15) is 0 Å². The highest BCUT2D eigenvalue weighted by Crippen LogP contribution is 1.98. The molecule has 2 N–H and O–H groups in total. The normalized spacial score (nSPS) is 8.73. The molecule has 1 aromatic heterocycles. The molecule has 58 valence electrons. The topological polar surface area (TPSA) is 71.1 Å². The van der Waals surface area contributed by atoms with Crippen molar-refractivity contribution in [1.82, 2.24) is 15.8 Å². The van der Waals surface area contributed by atoms with E-state index in [0.717, 1.165) is 0 Å². The molecule has 1 rings (SSSR count). The van der Waals surface area contributed by atoms with Crippen molar-refractivity contribution in [3.05, 3.63) is 16.6 Å². The van der Waals surface area contributed by atoms with Crippen LogP contribution in [0.15, 0.2) is 10.9 Å². The van der Waals surface area contributed by atoms with Crippen molar-refractivity contribution in [3.8, 4) is 0 Å². The Morgan fingerprint density at radius 2 is 2.55 bits per heavy atom. The van der Waals surface area contributed by atoms with E-state index in [0.29, 0.717) is 12.1 Å². The van der Waals surface area contributed by atoms with Gasteiger partial charge in [0.25, 0.3) is 5.91 Å². The van der Waals surface area contributed by atoms with Crippen molar-refractivity contribution in [2.45, 2.75) is 0 Å². The Balaban J connectivity index is 2.49. The molecular weight excluding hydrogens is 166 g/mol.